The molecular formula is C57H69N17O20. The standard InChI is InChI=1S/C31H37N9O11.C19H19N7O6.C7H13NO3/c1-15(41)3-8-20(29(48)49)36-22(42)11-9-19(32-2)27(46)39-31-38-25-24(28(47)40-31)35-18(14-34-25)13-33-17-6-4-16(5-7-17)26(45)37-21(30(50)51)10-12-23(43)44;20-19-25-15-14(17(30)26-19)23-11(8-22-15)7-21-10-3-1-9(2-4-10)16(29)24-12(18(31)32)5-6-13(27)28;1-5(9)3-4-6(8-2)7(10)11/h4-7,14,19-21,32-33H,3,8-13H2,1-2H3,(H,36,42)(H,37,45)(H,43,44)(H,48,49)(H,50,51)(H2,34,38,39,40,46,47);1-4,8,12,21H,5-7H2,(H,24,29)(H,27,28)(H,31,32)(H3,20,22,25,26,30);6,8H,3-4H2,1-2H3,(H,10,11). The van der Waals surface area contributed by atoms with E-state index in [1.165, 1.54) is 57.6 Å². The SMILES string of the molecule is CNC(CCC(=O)NC(CCC(C)=O)C(=O)O)C(=O)Nc1nc2ncc(CNc3ccc(C(=O)NC(CCC(=O)O)C(=O)O)cc3)nc2c(=O)[nH]1.CNC(CCC(C)=O)C(=O)O.Nc1nc2ncc(CNc3ccc(C(=O)NC(CCC(=O)O)C(=O)O)cc3)nc2c(=O)[nH]1. The van der Waals surface area contributed by atoms with Gasteiger partial charge >= 0.3 is 35.8 Å². The Morgan fingerprint density at radius 2 is 0.862 bits per heavy atom. The van der Waals surface area contributed by atoms with Crippen LogP contribution in [0, 0.1) is 0 Å². The number of nitrogens with two attached hydrogens (primary N) is 1. The van der Waals surface area contributed by atoms with E-state index in [2.05, 4.69) is 82.4 Å². The van der Waals surface area contributed by atoms with Gasteiger partial charge < -0.3 is 83.2 Å². The molecule has 18 N–H and O–H groups in total. The van der Waals surface area contributed by atoms with Crippen LogP contribution in [0.1, 0.15) is 110 Å². The van der Waals surface area contributed by atoms with E-state index in [0.717, 1.165) is 0 Å². The molecule has 5 unspecified atom stereocenters. The molecule has 94 heavy (non-hydrogen) atoms. The number of rotatable bonds is 34. The van der Waals surface area contributed by atoms with Gasteiger partial charge in [0.15, 0.2) is 22.3 Å². The fraction of sp³-hybridized carbons (Fsp3) is 0.368. The predicted octanol–water partition coefficient (Wildman–Crippen LogP) is -0.398. The Balaban J connectivity index is 0.000000369. The fourth-order valence-electron chi connectivity index (χ4n) is 8.05. The molecule has 0 saturated heterocycles. The predicted molar refractivity (Wildman–Crippen MR) is 330 cm³/mol. The smallest absolute Gasteiger partial charge is 0.326 e. The molecule has 0 aliphatic carbocycles. The van der Waals surface area contributed by atoms with Crippen molar-refractivity contribution < 1.29 is 88.2 Å². The number of aromatic amines is 2. The van der Waals surface area contributed by atoms with Gasteiger partial charge in [0.25, 0.3) is 22.9 Å². The van der Waals surface area contributed by atoms with E-state index in [-0.39, 0.29) is 115 Å². The first-order valence-electron chi connectivity index (χ1n) is 28.3. The number of amides is 4. The topological polar surface area (TPSA) is 592 Å². The summed E-state index contributed by atoms with van der Waals surface area (Å²) in [4.78, 5) is 191. The Morgan fingerprint density at radius 1 is 0.479 bits per heavy atom. The number of nitrogen functional groups attached to an aromatic ring is 1. The highest BCUT2D eigenvalue weighted by atomic mass is 16.4. The maximum atomic E-state index is 12.9. The number of nitrogens with one attached hydrogen (secondary N) is 10. The van der Waals surface area contributed by atoms with Crippen LogP contribution >= 0.6 is 0 Å². The molecule has 0 spiro atoms. The summed E-state index contributed by atoms with van der Waals surface area (Å²) in [6.45, 7) is 3.10. The molecule has 4 amide bonds. The molecule has 2 aromatic carbocycles. The zero-order valence-corrected chi connectivity index (χ0v) is 50.8. The maximum Gasteiger partial charge on any atom is 0.326 e. The van der Waals surface area contributed by atoms with Crippen molar-refractivity contribution in [2.45, 2.75) is 121 Å². The highest BCUT2D eigenvalue weighted by Crippen LogP contribution is 2.16. The lowest BCUT2D eigenvalue weighted by Gasteiger charge is -2.17. The number of aliphatic carboxylic acids is 6. The number of fused-ring (bicyclic) bond motifs is 2. The van der Waals surface area contributed by atoms with Gasteiger partial charge in [0.05, 0.1) is 42.9 Å². The van der Waals surface area contributed by atoms with Crippen LogP contribution in [0.4, 0.5) is 23.3 Å². The first kappa shape index (κ1) is 74.7. The number of nitrogens with zero attached hydrogens (tertiary/aromatic N) is 6. The zero-order valence-electron chi connectivity index (χ0n) is 50.8. The van der Waals surface area contributed by atoms with Crippen molar-refractivity contribution >= 4 is 117 Å². The average Bonchev–Trinajstić information content (AvgIpc) is 0.876. The van der Waals surface area contributed by atoms with Crippen LogP contribution in [-0.4, -0.2) is 186 Å². The molecule has 0 saturated carbocycles. The summed E-state index contributed by atoms with van der Waals surface area (Å²) in [6.07, 6.45) is 1.84. The second kappa shape index (κ2) is 36.8. The molecule has 37 heteroatoms. The van der Waals surface area contributed by atoms with Crippen molar-refractivity contribution in [3.05, 3.63) is 104 Å². The summed E-state index contributed by atoms with van der Waals surface area (Å²) >= 11 is 0. The van der Waals surface area contributed by atoms with Gasteiger partial charge in [0, 0.05) is 54.6 Å². The van der Waals surface area contributed by atoms with Crippen molar-refractivity contribution in [3.8, 4) is 0 Å². The number of carbonyl (C=O) groups is 12. The third-order valence-electron chi connectivity index (χ3n) is 13.1. The fourth-order valence-corrected chi connectivity index (χ4v) is 8.05. The highest BCUT2D eigenvalue weighted by Gasteiger charge is 2.26. The minimum Gasteiger partial charge on any atom is -0.481 e. The van der Waals surface area contributed by atoms with Crippen LogP contribution in [0.15, 0.2) is 70.5 Å². The van der Waals surface area contributed by atoms with Crippen LogP contribution in [0.5, 0.6) is 0 Å². The minimum atomic E-state index is -1.37. The number of carboxylic acid groups (broad SMARTS) is 6. The van der Waals surface area contributed by atoms with E-state index >= 15 is 0 Å². The van der Waals surface area contributed by atoms with Gasteiger partial charge in [-0.2, -0.15) is 9.97 Å². The highest BCUT2D eigenvalue weighted by molar-refractivity contribution is 5.98. The normalized spacial score (nSPS) is 12.3. The summed E-state index contributed by atoms with van der Waals surface area (Å²) < 4.78 is 0. The van der Waals surface area contributed by atoms with Gasteiger partial charge in [-0.05, 0) is 109 Å². The number of carbonyl (C=O) groups excluding carboxylic acids is 6. The molecule has 0 radical (unpaired) electrons. The Bertz CT molecular complexity index is 3870. The molecule has 37 nitrogen and oxygen atoms in total. The first-order valence-corrected chi connectivity index (χ1v) is 28.3. The van der Waals surface area contributed by atoms with Crippen LogP contribution in [0.3, 0.4) is 0 Å². The summed E-state index contributed by atoms with van der Waals surface area (Å²) in [7, 11) is 3.04. The molecule has 0 aliphatic heterocycles. The number of ketones is 2. The monoisotopic (exact) mass is 1310 g/mol. The molecule has 4 aromatic heterocycles. The summed E-state index contributed by atoms with van der Waals surface area (Å²) in [5.74, 6) is -10.3. The molecule has 6 rings (SSSR count). The lowest BCUT2D eigenvalue weighted by atomic mass is 10.1. The Hall–Kier alpha value is -11.8. The van der Waals surface area contributed by atoms with Crippen molar-refractivity contribution in [1.29, 1.82) is 0 Å². The third kappa shape index (κ3) is 25.3. The molecule has 502 valence electrons. The van der Waals surface area contributed by atoms with Crippen LogP contribution < -0.4 is 59.4 Å². The van der Waals surface area contributed by atoms with Crippen LogP contribution in [0.25, 0.3) is 22.3 Å². The van der Waals surface area contributed by atoms with Gasteiger partial charge in [-0.1, -0.05) is 0 Å². The number of aromatic nitrogens is 8. The van der Waals surface area contributed by atoms with E-state index in [0.29, 0.717) is 35.6 Å². The van der Waals surface area contributed by atoms with Crippen molar-refractivity contribution in [3.63, 3.8) is 0 Å². The molecule has 0 fully saturated rings. The molecule has 0 aliphatic rings. The quantitative estimate of drug-likeness (QED) is 0.0244. The number of hydrogen-bond donors (Lipinski definition) is 17. The molecule has 4 heterocycles. The number of H-pyrrole nitrogens is 2. The lowest BCUT2D eigenvalue weighted by molar-refractivity contribution is -0.142. The number of Topliss-reactive ketones (excluding diaryl/α,β-unsaturated/α-hetero) is 2. The van der Waals surface area contributed by atoms with Gasteiger partial charge in [-0.25, -0.2) is 34.3 Å². The Labute approximate surface area is 531 Å². The van der Waals surface area contributed by atoms with Gasteiger partial charge in [0.2, 0.25) is 23.7 Å². The molecule has 6 aromatic rings. The summed E-state index contributed by atoms with van der Waals surface area (Å²) in [5.41, 5.74) is 6.62. The number of carboxylic acids is 6. The van der Waals surface area contributed by atoms with Crippen molar-refractivity contribution in [2.24, 2.45) is 0 Å². The number of hydrogen-bond acceptors (Lipinski definition) is 25. The molecular weight excluding hydrogens is 1240 g/mol. The van der Waals surface area contributed by atoms with Crippen molar-refractivity contribution in [2.75, 3.05) is 35.8 Å². The Kier molecular flexibility index (Phi) is 29.2. The van der Waals surface area contributed by atoms with Crippen LogP contribution in [0.2, 0.25) is 0 Å². The molecule has 5 atom stereocenters. The maximum absolute atomic E-state index is 12.9. The van der Waals surface area contributed by atoms with E-state index in [1.54, 1.807) is 31.3 Å². The summed E-state index contributed by atoms with van der Waals surface area (Å²) in [6, 6.07) is 6.69. The van der Waals surface area contributed by atoms with Crippen molar-refractivity contribution in [1.82, 2.24) is 66.5 Å². The average molecular weight is 1310 g/mol. The van der Waals surface area contributed by atoms with Crippen LogP contribution in [-0.2, 0) is 61.0 Å². The van der Waals surface area contributed by atoms with E-state index in [1.807, 2.05) is 0 Å². The largest absolute Gasteiger partial charge is 0.481 e. The number of anilines is 4. The second-order valence-corrected chi connectivity index (χ2v) is 20.4. The lowest BCUT2D eigenvalue weighted by Crippen LogP contribution is -2.43. The van der Waals surface area contributed by atoms with Gasteiger partial charge in [-0.15, -0.1) is 0 Å². The molecule has 0 bridgehead atoms. The second-order valence-electron chi connectivity index (χ2n) is 20.4. The first-order chi connectivity index (χ1) is 44.5. The minimum absolute atomic E-state index is 0.0169. The third-order valence-corrected chi connectivity index (χ3v) is 13.1. The van der Waals surface area contributed by atoms with Gasteiger partial charge in [-0.3, -0.25) is 58.4 Å². The summed E-state index contributed by atoms with van der Waals surface area (Å²) in [5, 5.41) is 74.5. The van der Waals surface area contributed by atoms with E-state index in [4.69, 9.17) is 26.2 Å². The van der Waals surface area contributed by atoms with Gasteiger partial charge in [0.1, 0.15) is 35.7 Å². The Morgan fingerprint density at radius 3 is 1.27 bits per heavy atom. The number of benzene rings is 2. The number of likely N-dealkylation sites (N-methyl/N-ethyl adjacent to an activating group) is 2. The van der Waals surface area contributed by atoms with E-state index < -0.39 is 107 Å². The van der Waals surface area contributed by atoms with E-state index in [9.17, 15) is 77.3 Å². The zero-order chi connectivity index (χ0) is 69.8.